The maximum Gasteiger partial charge on any atom is 0.137 e. The van der Waals surface area contributed by atoms with Crippen LogP contribution in [-0.2, 0) is 0 Å². The molecule has 52 heavy (non-hydrogen) atoms. The first-order valence-electron chi connectivity index (χ1n) is 17.8. The Hall–Kier alpha value is -6.90. The number of para-hydroxylation sites is 1. The Labute approximate surface area is 301 Å². The monoisotopic (exact) mass is 661 g/mol. The van der Waals surface area contributed by atoms with Crippen molar-refractivity contribution in [2.75, 3.05) is 4.90 Å². The number of hydrogen-bond acceptors (Lipinski definition) is 2. The molecular formula is C50H31NO. The van der Waals surface area contributed by atoms with Crippen molar-refractivity contribution in [1.82, 2.24) is 0 Å². The van der Waals surface area contributed by atoms with Crippen molar-refractivity contribution in [3.05, 3.63) is 188 Å². The van der Waals surface area contributed by atoms with Crippen molar-refractivity contribution in [2.45, 2.75) is 0 Å². The highest BCUT2D eigenvalue weighted by Crippen LogP contribution is 2.51. The summed E-state index contributed by atoms with van der Waals surface area (Å²) in [6.45, 7) is 0. The number of nitrogens with zero attached hydrogens (tertiary/aromatic N) is 1. The van der Waals surface area contributed by atoms with Gasteiger partial charge in [-0.1, -0.05) is 109 Å². The lowest BCUT2D eigenvalue weighted by Crippen LogP contribution is -2.10. The Morgan fingerprint density at radius 1 is 0.288 bits per heavy atom. The van der Waals surface area contributed by atoms with Crippen LogP contribution in [-0.4, -0.2) is 0 Å². The Morgan fingerprint density at radius 3 is 1.54 bits per heavy atom. The molecule has 1 heterocycles. The lowest BCUT2D eigenvalue weighted by molar-refractivity contribution is 0.669. The van der Waals surface area contributed by atoms with E-state index in [2.05, 4.69) is 181 Å². The highest BCUT2D eigenvalue weighted by atomic mass is 16.3. The van der Waals surface area contributed by atoms with E-state index < -0.39 is 0 Å². The van der Waals surface area contributed by atoms with Crippen LogP contribution >= 0.6 is 0 Å². The predicted molar refractivity (Wildman–Crippen MR) is 219 cm³/mol. The van der Waals surface area contributed by atoms with E-state index in [0.29, 0.717) is 0 Å². The molecule has 1 aromatic heterocycles. The van der Waals surface area contributed by atoms with Crippen molar-refractivity contribution in [3.8, 4) is 44.5 Å². The molecule has 0 saturated carbocycles. The fourth-order valence-electron chi connectivity index (χ4n) is 8.12. The molecule has 9 aromatic carbocycles. The van der Waals surface area contributed by atoms with E-state index in [1.54, 1.807) is 0 Å². The van der Waals surface area contributed by atoms with Crippen LogP contribution < -0.4 is 4.90 Å². The van der Waals surface area contributed by atoms with Crippen LogP contribution in [0.15, 0.2) is 192 Å². The molecule has 0 radical (unpaired) electrons. The van der Waals surface area contributed by atoms with Crippen molar-refractivity contribution < 1.29 is 4.42 Å². The van der Waals surface area contributed by atoms with E-state index in [9.17, 15) is 0 Å². The zero-order valence-corrected chi connectivity index (χ0v) is 28.3. The van der Waals surface area contributed by atoms with E-state index in [1.807, 2.05) is 12.1 Å². The Balaban J connectivity index is 1.04. The normalized spacial score (nSPS) is 11.8. The van der Waals surface area contributed by atoms with Crippen LogP contribution in [0.3, 0.4) is 0 Å². The minimum absolute atomic E-state index is 0.879. The van der Waals surface area contributed by atoms with Crippen LogP contribution in [0.25, 0.3) is 88.0 Å². The van der Waals surface area contributed by atoms with E-state index in [-0.39, 0.29) is 0 Å². The number of anilines is 3. The van der Waals surface area contributed by atoms with Crippen molar-refractivity contribution in [1.29, 1.82) is 0 Å². The van der Waals surface area contributed by atoms with Gasteiger partial charge in [0.25, 0.3) is 0 Å². The SMILES string of the molecule is c1ccc(-c2cccc(N(c3ccc4cc5c(cc4c3)-c3cc4cc(-c6ccccc6)ccc4cc3-5)c3ccc4c(c3)oc3ccccc34)c2)cc1. The van der Waals surface area contributed by atoms with Gasteiger partial charge in [0.1, 0.15) is 11.2 Å². The van der Waals surface area contributed by atoms with Gasteiger partial charge in [-0.05, 0) is 139 Å². The van der Waals surface area contributed by atoms with E-state index in [4.69, 9.17) is 4.42 Å². The molecule has 1 aliphatic rings. The molecule has 2 heteroatoms. The summed E-state index contributed by atoms with van der Waals surface area (Å²) in [6.07, 6.45) is 0. The summed E-state index contributed by atoms with van der Waals surface area (Å²) < 4.78 is 6.38. The van der Waals surface area contributed by atoms with Crippen LogP contribution in [0, 0.1) is 0 Å². The van der Waals surface area contributed by atoms with Gasteiger partial charge < -0.3 is 9.32 Å². The van der Waals surface area contributed by atoms with Gasteiger partial charge in [0.15, 0.2) is 0 Å². The average Bonchev–Trinajstić information content (AvgIpc) is 3.58. The molecule has 0 aliphatic heterocycles. The van der Waals surface area contributed by atoms with Crippen LogP contribution in [0.5, 0.6) is 0 Å². The van der Waals surface area contributed by atoms with Gasteiger partial charge >= 0.3 is 0 Å². The summed E-state index contributed by atoms with van der Waals surface area (Å²) in [6, 6.07) is 68.0. The van der Waals surface area contributed by atoms with Gasteiger partial charge in [-0.3, -0.25) is 0 Å². The topological polar surface area (TPSA) is 16.4 Å². The molecule has 0 amide bonds. The minimum atomic E-state index is 0.879. The van der Waals surface area contributed by atoms with E-state index in [0.717, 1.165) is 39.0 Å². The standard InChI is InChI=1S/C50H31NO/c1-3-10-32(11-4-1)34-14-9-15-40(25-34)51(42-22-23-44-43-16-7-8-17-49(43)52-50(44)31-42)41-21-20-37-28-46-45-27-36-19-18-35(33-12-5-2-6-13-33)24-38(36)29-47(45)48(46)30-39(37)26-41/h1-31H. The van der Waals surface area contributed by atoms with Crippen molar-refractivity contribution in [3.63, 3.8) is 0 Å². The van der Waals surface area contributed by atoms with Gasteiger partial charge in [0.2, 0.25) is 0 Å². The van der Waals surface area contributed by atoms with Gasteiger partial charge in [0.05, 0.1) is 0 Å². The van der Waals surface area contributed by atoms with E-state index >= 15 is 0 Å². The summed E-state index contributed by atoms with van der Waals surface area (Å²) in [7, 11) is 0. The van der Waals surface area contributed by atoms with Gasteiger partial charge in [-0.15, -0.1) is 0 Å². The Bertz CT molecular complexity index is 3010. The fourth-order valence-corrected chi connectivity index (χ4v) is 8.12. The van der Waals surface area contributed by atoms with Crippen LogP contribution in [0.1, 0.15) is 0 Å². The highest BCUT2D eigenvalue weighted by Gasteiger charge is 2.24. The molecule has 0 unspecified atom stereocenters. The lowest BCUT2D eigenvalue weighted by Gasteiger charge is -2.28. The molecule has 0 fully saturated rings. The number of rotatable bonds is 5. The van der Waals surface area contributed by atoms with Crippen LogP contribution in [0.2, 0.25) is 0 Å². The summed E-state index contributed by atoms with van der Waals surface area (Å²) in [5.41, 5.74) is 15.2. The molecule has 0 bridgehead atoms. The molecule has 0 atom stereocenters. The second kappa shape index (κ2) is 11.3. The second-order valence-electron chi connectivity index (χ2n) is 13.8. The van der Waals surface area contributed by atoms with Crippen molar-refractivity contribution >= 4 is 60.5 Å². The molecule has 10 aromatic rings. The first kappa shape index (κ1) is 28.9. The van der Waals surface area contributed by atoms with E-state index in [1.165, 1.54) is 66.1 Å². The van der Waals surface area contributed by atoms with Gasteiger partial charge in [-0.2, -0.15) is 0 Å². The Kier molecular flexibility index (Phi) is 6.28. The highest BCUT2D eigenvalue weighted by molar-refractivity contribution is 6.13. The molecule has 1 aliphatic carbocycles. The second-order valence-corrected chi connectivity index (χ2v) is 13.8. The fraction of sp³-hybridized carbons (Fsp3) is 0. The van der Waals surface area contributed by atoms with Gasteiger partial charge in [0, 0.05) is 33.9 Å². The van der Waals surface area contributed by atoms with Gasteiger partial charge in [-0.25, -0.2) is 0 Å². The Morgan fingerprint density at radius 2 is 0.808 bits per heavy atom. The summed E-state index contributed by atoms with van der Waals surface area (Å²) in [5, 5.41) is 7.25. The third-order valence-corrected chi connectivity index (χ3v) is 10.7. The molecule has 0 spiro atoms. The molecule has 2 nitrogen and oxygen atoms in total. The molecular weight excluding hydrogens is 631 g/mol. The number of fused-ring (bicyclic) bond motifs is 9. The first-order chi connectivity index (χ1) is 25.7. The minimum Gasteiger partial charge on any atom is -0.456 e. The van der Waals surface area contributed by atoms with Crippen LogP contribution in [0.4, 0.5) is 17.1 Å². The number of furan rings is 1. The lowest BCUT2D eigenvalue weighted by atomic mass is 9.77. The summed E-state index contributed by atoms with van der Waals surface area (Å²) >= 11 is 0. The smallest absolute Gasteiger partial charge is 0.137 e. The zero-order valence-electron chi connectivity index (χ0n) is 28.3. The number of benzene rings is 9. The zero-order chi connectivity index (χ0) is 34.2. The number of hydrogen-bond donors (Lipinski definition) is 0. The summed E-state index contributed by atoms with van der Waals surface area (Å²) in [4.78, 5) is 2.35. The molecule has 0 saturated heterocycles. The molecule has 242 valence electrons. The summed E-state index contributed by atoms with van der Waals surface area (Å²) in [5.74, 6) is 0. The average molecular weight is 662 g/mol. The van der Waals surface area contributed by atoms with Crippen molar-refractivity contribution in [2.24, 2.45) is 0 Å². The molecule has 11 rings (SSSR count). The predicted octanol–water partition coefficient (Wildman–Crippen LogP) is 14.3. The first-order valence-corrected chi connectivity index (χ1v) is 17.8. The third-order valence-electron chi connectivity index (χ3n) is 10.7. The third kappa shape index (κ3) is 4.58. The quantitative estimate of drug-likeness (QED) is 0.182. The largest absolute Gasteiger partial charge is 0.456 e. The molecule has 0 N–H and O–H groups in total. The maximum absolute atomic E-state index is 6.38. The maximum atomic E-state index is 6.38.